The molecule has 7 heteroatoms. The van der Waals surface area contributed by atoms with Crippen molar-refractivity contribution in [2.24, 2.45) is 0 Å². The van der Waals surface area contributed by atoms with Gasteiger partial charge < -0.3 is 15.0 Å². The van der Waals surface area contributed by atoms with Crippen molar-refractivity contribution in [1.82, 2.24) is 4.98 Å². The first-order valence-electron chi connectivity index (χ1n) is 7.31. The van der Waals surface area contributed by atoms with E-state index in [9.17, 15) is 14.4 Å². The Bertz CT molecular complexity index is 1030. The largest absolute Gasteiger partial charge is 0.462 e. The average molecular weight is 357 g/mol. The van der Waals surface area contributed by atoms with E-state index in [1.54, 1.807) is 42.5 Å². The highest BCUT2D eigenvalue weighted by molar-refractivity contribution is 6.38. The van der Waals surface area contributed by atoms with Gasteiger partial charge in [-0.1, -0.05) is 41.9 Å². The van der Waals surface area contributed by atoms with E-state index in [0.29, 0.717) is 21.5 Å². The van der Waals surface area contributed by atoms with Gasteiger partial charge in [0.2, 0.25) is 0 Å². The molecular formula is C18H13ClN2O4. The fourth-order valence-electron chi connectivity index (χ4n) is 2.54. The minimum atomic E-state index is -1.05. The van der Waals surface area contributed by atoms with Crippen molar-refractivity contribution in [1.29, 1.82) is 0 Å². The van der Waals surface area contributed by atoms with E-state index in [2.05, 4.69) is 15.0 Å². The van der Waals surface area contributed by atoms with Crippen LogP contribution in [0.1, 0.15) is 0 Å². The molecule has 2 N–H and O–H groups in total. The van der Waals surface area contributed by atoms with Gasteiger partial charge in [-0.2, -0.15) is 0 Å². The molecule has 6 nitrogen and oxygen atoms in total. The van der Waals surface area contributed by atoms with Crippen molar-refractivity contribution in [3.63, 3.8) is 0 Å². The molecule has 0 spiro atoms. The molecule has 0 saturated heterocycles. The third-order valence-electron chi connectivity index (χ3n) is 3.65. The van der Waals surface area contributed by atoms with Gasteiger partial charge in [-0.25, -0.2) is 4.79 Å². The minimum Gasteiger partial charge on any atom is -0.462 e. The molecule has 0 saturated carbocycles. The van der Waals surface area contributed by atoms with Crippen molar-refractivity contribution in [2.75, 3.05) is 12.4 Å². The Labute approximate surface area is 147 Å². The van der Waals surface area contributed by atoms with Crippen LogP contribution in [0.3, 0.4) is 0 Å². The summed E-state index contributed by atoms with van der Waals surface area (Å²) >= 11 is 5.98. The fraction of sp³-hybridized carbons (Fsp3) is 0.0556. The van der Waals surface area contributed by atoms with Crippen LogP contribution >= 0.6 is 11.6 Å². The second-order valence-corrected chi connectivity index (χ2v) is 5.64. The highest BCUT2D eigenvalue weighted by Crippen LogP contribution is 2.32. The van der Waals surface area contributed by atoms with Crippen LogP contribution in [0.5, 0.6) is 0 Å². The minimum absolute atomic E-state index is 0.219. The summed E-state index contributed by atoms with van der Waals surface area (Å²) in [6.45, 7) is 0. The number of fused-ring (bicyclic) bond motifs is 1. The zero-order chi connectivity index (χ0) is 18.0. The number of aromatic nitrogens is 1. The van der Waals surface area contributed by atoms with Gasteiger partial charge in [-0.3, -0.25) is 9.59 Å². The molecular weight excluding hydrogens is 344 g/mol. The van der Waals surface area contributed by atoms with Gasteiger partial charge >= 0.3 is 11.9 Å². The SMILES string of the molecule is COC(=O)C(=O)Nc1c(-c2ccccc2)c(=O)[nH]c2cc(Cl)ccc12. The second-order valence-electron chi connectivity index (χ2n) is 5.21. The maximum Gasteiger partial charge on any atom is 0.396 e. The number of aromatic amines is 1. The fourth-order valence-corrected chi connectivity index (χ4v) is 2.71. The lowest BCUT2D eigenvalue weighted by atomic mass is 10.0. The third-order valence-corrected chi connectivity index (χ3v) is 3.88. The molecule has 3 rings (SSSR count). The summed E-state index contributed by atoms with van der Waals surface area (Å²) in [5.74, 6) is -2.03. The molecule has 2 aromatic carbocycles. The molecule has 1 heterocycles. The van der Waals surface area contributed by atoms with Crippen molar-refractivity contribution in [2.45, 2.75) is 0 Å². The van der Waals surface area contributed by atoms with Crippen molar-refractivity contribution in [3.05, 3.63) is 63.9 Å². The zero-order valence-electron chi connectivity index (χ0n) is 13.1. The number of hydrogen-bond acceptors (Lipinski definition) is 4. The van der Waals surface area contributed by atoms with Crippen molar-refractivity contribution in [3.8, 4) is 11.1 Å². The van der Waals surface area contributed by atoms with Gasteiger partial charge in [-0.15, -0.1) is 0 Å². The number of pyridine rings is 1. The Morgan fingerprint density at radius 2 is 1.84 bits per heavy atom. The molecule has 0 aliphatic rings. The van der Waals surface area contributed by atoms with Crippen LogP contribution in [0, 0.1) is 0 Å². The van der Waals surface area contributed by atoms with Gasteiger partial charge in [0, 0.05) is 10.4 Å². The van der Waals surface area contributed by atoms with Crippen LogP contribution < -0.4 is 10.9 Å². The number of anilines is 1. The number of hydrogen-bond donors (Lipinski definition) is 2. The lowest BCUT2D eigenvalue weighted by molar-refractivity contribution is -0.150. The number of carbonyl (C=O) groups is 2. The highest BCUT2D eigenvalue weighted by atomic mass is 35.5. The molecule has 0 fully saturated rings. The predicted molar refractivity (Wildman–Crippen MR) is 95.7 cm³/mol. The first-order chi connectivity index (χ1) is 12.0. The molecule has 0 atom stereocenters. The van der Waals surface area contributed by atoms with E-state index in [1.165, 1.54) is 0 Å². The van der Waals surface area contributed by atoms with Crippen LogP contribution in [0.4, 0.5) is 5.69 Å². The quantitative estimate of drug-likeness (QED) is 0.546. The Hall–Kier alpha value is -3.12. The zero-order valence-corrected chi connectivity index (χ0v) is 13.9. The van der Waals surface area contributed by atoms with Crippen LogP contribution in [-0.4, -0.2) is 24.0 Å². The monoisotopic (exact) mass is 356 g/mol. The normalized spacial score (nSPS) is 10.5. The number of nitrogens with one attached hydrogen (secondary N) is 2. The van der Waals surface area contributed by atoms with Crippen LogP contribution in [0.2, 0.25) is 5.02 Å². The topological polar surface area (TPSA) is 88.3 Å². The van der Waals surface area contributed by atoms with Gasteiger partial charge in [0.05, 0.1) is 23.9 Å². The Balaban J connectivity index is 2.30. The van der Waals surface area contributed by atoms with E-state index >= 15 is 0 Å². The molecule has 0 unspecified atom stereocenters. The van der Waals surface area contributed by atoms with E-state index in [-0.39, 0.29) is 11.3 Å². The summed E-state index contributed by atoms with van der Waals surface area (Å²) in [6.07, 6.45) is 0. The lowest BCUT2D eigenvalue weighted by Gasteiger charge is -2.13. The number of halogens is 1. The molecule has 0 aliphatic carbocycles. The predicted octanol–water partition coefficient (Wildman–Crippen LogP) is 2.96. The van der Waals surface area contributed by atoms with E-state index in [4.69, 9.17) is 11.6 Å². The second kappa shape index (κ2) is 6.78. The number of H-pyrrole nitrogens is 1. The molecule has 0 aliphatic heterocycles. The molecule has 126 valence electrons. The van der Waals surface area contributed by atoms with Gasteiger partial charge in [-0.05, 0) is 23.8 Å². The number of esters is 1. The number of benzene rings is 2. The molecule has 0 bridgehead atoms. The Morgan fingerprint density at radius 3 is 2.52 bits per heavy atom. The number of methoxy groups -OCH3 is 1. The summed E-state index contributed by atoms with van der Waals surface area (Å²) < 4.78 is 4.43. The van der Waals surface area contributed by atoms with Crippen LogP contribution in [0.15, 0.2) is 53.3 Å². The van der Waals surface area contributed by atoms with Crippen molar-refractivity contribution >= 4 is 40.1 Å². The van der Waals surface area contributed by atoms with E-state index < -0.39 is 17.4 Å². The van der Waals surface area contributed by atoms with Gasteiger partial charge in [0.15, 0.2) is 0 Å². The van der Waals surface area contributed by atoms with Crippen LogP contribution in [0.25, 0.3) is 22.0 Å². The molecule has 25 heavy (non-hydrogen) atoms. The molecule has 0 radical (unpaired) electrons. The summed E-state index contributed by atoms with van der Waals surface area (Å²) in [6, 6.07) is 13.7. The van der Waals surface area contributed by atoms with Crippen molar-refractivity contribution < 1.29 is 14.3 Å². The van der Waals surface area contributed by atoms with E-state index in [0.717, 1.165) is 7.11 Å². The van der Waals surface area contributed by atoms with Gasteiger partial charge in [0.25, 0.3) is 5.56 Å². The molecule has 1 amide bonds. The lowest BCUT2D eigenvalue weighted by Crippen LogP contribution is -2.26. The maximum absolute atomic E-state index is 12.6. The van der Waals surface area contributed by atoms with Gasteiger partial charge in [0.1, 0.15) is 0 Å². The van der Waals surface area contributed by atoms with Crippen LogP contribution in [-0.2, 0) is 14.3 Å². The number of amides is 1. The Morgan fingerprint density at radius 1 is 1.12 bits per heavy atom. The summed E-state index contributed by atoms with van der Waals surface area (Å²) in [4.78, 5) is 38.9. The van der Waals surface area contributed by atoms with E-state index in [1.807, 2.05) is 6.07 Å². The first kappa shape index (κ1) is 16.7. The smallest absolute Gasteiger partial charge is 0.396 e. The highest BCUT2D eigenvalue weighted by Gasteiger charge is 2.20. The molecule has 1 aromatic heterocycles. The maximum atomic E-state index is 12.6. The number of rotatable bonds is 2. The molecule has 3 aromatic rings. The summed E-state index contributed by atoms with van der Waals surface area (Å²) in [5.41, 5.74) is 1.09. The summed E-state index contributed by atoms with van der Waals surface area (Å²) in [5, 5.41) is 3.46. The third kappa shape index (κ3) is 3.25. The summed E-state index contributed by atoms with van der Waals surface area (Å²) in [7, 11) is 1.11. The average Bonchev–Trinajstić information content (AvgIpc) is 2.61. The standard InChI is InChI=1S/C18H13ClN2O4/c1-25-18(24)17(23)21-15-12-8-7-11(19)9-13(12)20-16(22)14(15)10-5-3-2-4-6-10/h2-9H,1H3,(H2,20,21,22,23). The first-order valence-corrected chi connectivity index (χ1v) is 7.69. The number of ether oxygens (including phenoxy) is 1. The Kier molecular flexibility index (Phi) is 4.54. The number of carbonyl (C=O) groups excluding carboxylic acids is 2.